The van der Waals surface area contributed by atoms with E-state index in [0.717, 1.165) is 36.3 Å². The summed E-state index contributed by atoms with van der Waals surface area (Å²) in [5.74, 6) is 1.14. The zero-order chi connectivity index (χ0) is 19.8. The number of nitrogens with one attached hydrogen (secondary N) is 1. The van der Waals surface area contributed by atoms with E-state index in [1.807, 2.05) is 0 Å². The molecule has 0 spiro atoms. The van der Waals surface area contributed by atoms with Gasteiger partial charge in [-0.05, 0) is 31.6 Å². The van der Waals surface area contributed by atoms with Gasteiger partial charge in [0.25, 0.3) is 0 Å². The molecule has 0 heterocycles. The predicted molar refractivity (Wildman–Crippen MR) is 118 cm³/mol. The largest absolute Gasteiger partial charge is 0.356 e. The number of allylic oxidation sites excluding steroid dienone is 2. The average molecular weight is 380 g/mol. The zero-order valence-corrected chi connectivity index (χ0v) is 18.6. The van der Waals surface area contributed by atoms with E-state index in [4.69, 9.17) is 0 Å². The Morgan fingerprint density at radius 3 is 2.04 bits per heavy atom. The lowest BCUT2D eigenvalue weighted by atomic mass is 9.99. The molecule has 0 aromatic heterocycles. The van der Waals surface area contributed by atoms with Crippen LogP contribution >= 0.6 is 0 Å². The maximum Gasteiger partial charge on any atom is 0.219 e. The van der Waals surface area contributed by atoms with Gasteiger partial charge in [0, 0.05) is 19.4 Å². The summed E-state index contributed by atoms with van der Waals surface area (Å²) < 4.78 is 0.966. The van der Waals surface area contributed by atoms with Crippen LogP contribution in [0, 0.1) is 5.92 Å². The van der Waals surface area contributed by atoms with Gasteiger partial charge in [0.1, 0.15) is 0 Å². The van der Waals surface area contributed by atoms with Crippen molar-refractivity contribution in [1.82, 2.24) is 5.32 Å². The van der Waals surface area contributed by atoms with Crippen LogP contribution in [0.1, 0.15) is 96.3 Å². The predicted octanol–water partition coefficient (Wildman–Crippen LogP) is 5.85. The minimum absolute atomic E-state index is 0.240. The Kier molecular flexibility index (Phi) is 13.6. The first-order valence-electron chi connectivity index (χ1n) is 11.7. The zero-order valence-electron chi connectivity index (χ0n) is 18.6. The Balaban J connectivity index is 1.74. The number of unbranched alkanes of at least 4 members (excludes halogenated alkanes) is 9. The van der Waals surface area contributed by atoms with Crippen molar-refractivity contribution in [3.63, 3.8) is 0 Å². The quantitative estimate of drug-likeness (QED) is 0.192. The molecule has 0 unspecified atom stereocenters. The lowest BCUT2D eigenvalue weighted by Crippen LogP contribution is -2.37. The Labute approximate surface area is 169 Å². The SMILES string of the molecule is C[N+](C)(C)CCCNC(=O)CCCCCCCCCCCC[C@H]1C=CCC1. The van der Waals surface area contributed by atoms with Gasteiger partial charge in [0.15, 0.2) is 0 Å². The van der Waals surface area contributed by atoms with Crippen molar-refractivity contribution in [3.05, 3.63) is 12.2 Å². The van der Waals surface area contributed by atoms with Gasteiger partial charge in [-0.2, -0.15) is 0 Å². The molecule has 1 N–H and O–H groups in total. The number of quaternary nitrogens is 1. The standard InChI is InChI=1S/C24H46N2O/c1-26(2,3)22-16-21-25-24(27)20-13-11-9-7-5-4-6-8-10-12-17-23-18-14-15-19-23/h14,18,23H,4-13,15-17,19-22H2,1-3H3/p+1/t23-/m0/s1. The van der Waals surface area contributed by atoms with E-state index in [1.165, 1.54) is 77.0 Å². The van der Waals surface area contributed by atoms with E-state index in [0.29, 0.717) is 6.42 Å². The van der Waals surface area contributed by atoms with Crippen LogP contribution in [0.4, 0.5) is 0 Å². The average Bonchev–Trinajstić information content (AvgIpc) is 3.12. The normalized spacial score (nSPS) is 16.8. The van der Waals surface area contributed by atoms with Crippen LogP contribution in [0.2, 0.25) is 0 Å². The smallest absolute Gasteiger partial charge is 0.219 e. The molecule has 3 nitrogen and oxygen atoms in total. The summed E-state index contributed by atoms with van der Waals surface area (Å²) in [7, 11) is 6.57. The number of nitrogens with zero attached hydrogens (tertiary/aromatic N) is 1. The molecule has 1 rings (SSSR count). The number of amides is 1. The van der Waals surface area contributed by atoms with Crippen LogP contribution in [-0.4, -0.2) is 44.6 Å². The molecule has 0 saturated heterocycles. The van der Waals surface area contributed by atoms with Crippen molar-refractivity contribution in [2.24, 2.45) is 5.92 Å². The first kappa shape index (κ1) is 24.2. The highest BCUT2D eigenvalue weighted by Gasteiger charge is 2.08. The number of hydrogen-bond donors (Lipinski definition) is 1. The molecule has 3 heteroatoms. The lowest BCUT2D eigenvalue weighted by molar-refractivity contribution is -0.870. The van der Waals surface area contributed by atoms with E-state index < -0.39 is 0 Å². The summed E-state index contributed by atoms with van der Waals surface area (Å²) >= 11 is 0. The maximum absolute atomic E-state index is 11.8. The minimum atomic E-state index is 0.240. The second-order valence-corrected chi connectivity index (χ2v) is 9.56. The molecule has 0 aromatic carbocycles. The van der Waals surface area contributed by atoms with Gasteiger partial charge in [0.05, 0.1) is 27.7 Å². The second-order valence-electron chi connectivity index (χ2n) is 9.56. The third-order valence-electron chi connectivity index (χ3n) is 5.67. The highest BCUT2D eigenvalue weighted by Crippen LogP contribution is 2.23. The van der Waals surface area contributed by atoms with Crippen LogP contribution in [0.5, 0.6) is 0 Å². The second kappa shape index (κ2) is 15.1. The molecule has 158 valence electrons. The Morgan fingerprint density at radius 2 is 1.48 bits per heavy atom. The van der Waals surface area contributed by atoms with Crippen LogP contribution in [0.15, 0.2) is 12.2 Å². The molecule has 1 aliphatic carbocycles. The topological polar surface area (TPSA) is 29.1 Å². The van der Waals surface area contributed by atoms with Gasteiger partial charge in [-0.3, -0.25) is 4.79 Å². The van der Waals surface area contributed by atoms with Crippen LogP contribution in [0.25, 0.3) is 0 Å². The molecule has 0 saturated carbocycles. The molecule has 1 atom stereocenters. The summed E-state index contributed by atoms with van der Waals surface area (Å²) in [5, 5.41) is 3.06. The monoisotopic (exact) mass is 379 g/mol. The van der Waals surface area contributed by atoms with Gasteiger partial charge in [0.2, 0.25) is 5.91 Å². The van der Waals surface area contributed by atoms with Crippen molar-refractivity contribution < 1.29 is 9.28 Å². The van der Waals surface area contributed by atoms with Crippen LogP contribution in [0.3, 0.4) is 0 Å². The fourth-order valence-electron chi connectivity index (χ4n) is 3.91. The van der Waals surface area contributed by atoms with Crippen molar-refractivity contribution in [1.29, 1.82) is 0 Å². The Hall–Kier alpha value is -0.830. The third kappa shape index (κ3) is 15.9. The van der Waals surface area contributed by atoms with E-state index in [1.54, 1.807) is 0 Å². The van der Waals surface area contributed by atoms with Crippen molar-refractivity contribution in [2.45, 2.75) is 96.3 Å². The fourth-order valence-corrected chi connectivity index (χ4v) is 3.91. The summed E-state index contributed by atoms with van der Waals surface area (Å²) in [6, 6.07) is 0. The van der Waals surface area contributed by atoms with Crippen molar-refractivity contribution in [3.8, 4) is 0 Å². The molecular formula is C24H47N2O+. The Bertz CT molecular complexity index is 398. The first-order chi connectivity index (χ1) is 13.0. The molecule has 0 fully saturated rings. The lowest BCUT2D eigenvalue weighted by Gasteiger charge is -2.23. The van der Waals surface area contributed by atoms with Gasteiger partial charge in [-0.25, -0.2) is 0 Å². The molecule has 0 bridgehead atoms. The Morgan fingerprint density at radius 1 is 0.889 bits per heavy atom. The molecule has 1 amide bonds. The van der Waals surface area contributed by atoms with E-state index >= 15 is 0 Å². The molecule has 0 aliphatic heterocycles. The van der Waals surface area contributed by atoms with Crippen LogP contribution < -0.4 is 5.32 Å². The van der Waals surface area contributed by atoms with Crippen molar-refractivity contribution >= 4 is 5.91 Å². The molecule has 27 heavy (non-hydrogen) atoms. The van der Waals surface area contributed by atoms with E-state index in [9.17, 15) is 4.79 Å². The molecule has 1 aliphatic rings. The molecule has 0 radical (unpaired) electrons. The maximum atomic E-state index is 11.8. The summed E-state index contributed by atoms with van der Waals surface area (Å²) in [5.41, 5.74) is 0. The number of hydrogen-bond acceptors (Lipinski definition) is 1. The van der Waals surface area contributed by atoms with E-state index in [2.05, 4.69) is 38.6 Å². The third-order valence-corrected chi connectivity index (χ3v) is 5.67. The number of rotatable bonds is 17. The minimum Gasteiger partial charge on any atom is -0.356 e. The summed E-state index contributed by atoms with van der Waals surface area (Å²) in [6.07, 6.45) is 24.0. The van der Waals surface area contributed by atoms with Crippen molar-refractivity contribution in [2.75, 3.05) is 34.2 Å². The summed E-state index contributed by atoms with van der Waals surface area (Å²) in [6.45, 7) is 1.93. The van der Waals surface area contributed by atoms with Gasteiger partial charge in [-0.1, -0.05) is 69.9 Å². The van der Waals surface area contributed by atoms with Crippen LogP contribution in [-0.2, 0) is 4.79 Å². The summed E-state index contributed by atoms with van der Waals surface area (Å²) in [4.78, 5) is 11.8. The molecular weight excluding hydrogens is 332 g/mol. The van der Waals surface area contributed by atoms with Gasteiger partial charge in [-0.15, -0.1) is 0 Å². The van der Waals surface area contributed by atoms with Gasteiger partial charge < -0.3 is 9.80 Å². The highest BCUT2D eigenvalue weighted by molar-refractivity contribution is 5.75. The first-order valence-corrected chi connectivity index (χ1v) is 11.7. The molecule has 0 aromatic rings. The number of carbonyl (C=O) groups excluding carboxylic acids is 1. The fraction of sp³-hybridized carbons (Fsp3) is 0.875. The number of carbonyl (C=O) groups is 1. The highest BCUT2D eigenvalue weighted by atomic mass is 16.1. The van der Waals surface area contributed by atoms with Gasteiger partial charge >= 0.3 is 0 Å². The van der Waals surface area contributed by atoms with E-state index in [-0.39, 0.29) is 5.91 Å².